The van der Waals surface area contributed by atoms with E-state index in [1.807, 2.05) is 0 Å². The molecule has 0 bridgehead atoms. The maximum Gasteiger partial charge on any atom is 0.262 e. The smallest absolute Gasteiger partial charge is 0.207 e. The molecule has 0 atom stereocenters. The van der Waals surface area contributed by atoms with Gasteiger partial charge in [0.2, 0.25) is 0 Å². The van der Waals surface area contributed by atoms with E-state index in [4.69, 9.17) is 15.9 Å². The summed E-state index contributed by atoms with van der Waals surface area (Å²) < 4.78 is 35.4. The molecule has 0 N–H and O–H groups in total. The van der Waals surface area contributed by atoms with Gasteiger partial charge in [-0.1, -0.05) is 0 Å². The van der Waals surface area contributed by atoms with Crippen LogP contribution in [0, 0.1) is 20.7 Å². The third kappa shape index (κ3) is 2.34. The molecule has 0 unspecified atom stereocenters. The van der Waals surface area contributed by atoms with Crippen molar-refractivity contribution in [2.24, 2.45) is 0 Å². The molecule has 0 amide bonds. The standard InChI is InChI=1S/C7H2ClFINO2S/c8-14(12,13)7-2-4(10)1-6(9)5(7)3-11/h1-2H. The van der Waals surface area contributed by atoms with Gasteiger partial charge in [-0.2, -0.15) is 5.26 Å². The van der Waals surface area contributed by atoms with Crippen LogP contribution in [0.2, 0.25) is 0 Å². The summed E-state index contributed by atoms with van der Waals surface area (Å²) >= 11 is 1.73. The van der Waals surface area contributed by atoms with Crippen molar-refractivity contribution in [3.05, 3.63) is 27.1 Å². The second-order valence-electron chi connectivity index (χ2n) is 2.31. The van der Waals surface area contributed by atoms with Crippen molar-refractivity contribution in [2.75, 3.05) is 0 Å². The largest absolute Gasteiger partial charge is 0.262 e. The van der Waals surface area contributed by atoms with Crippen LogP contribution in [0.4, 0.5) is 4.39 Å². The Morgan fingerprint density at radius 3 is 2.50 bits per heavy atom. The molecule has 0 spiro atoms. The van der Waals surface area contributed by atoms with Crippen molar-refractivity contribution < 1.29 is 12.8 Å². The lowest BCUT2D eigenvalue weighted by molar-refractivity contribution is 0.599. The molecule has 14 heavy (non-hydrogen) atoms. The topological polar surface area (TPSA) is 57.9 Å². The minimum absolute atomic E-state index is 0.360. The molecule has 74 valence electrons. The third-order valence-electron chi connectivity index (χ3n) is 1.39. The molecule has 0 aliphatic rings. The summed E-state index contributed by atoms with van der Waals surface area (Å²) in [6.45, 7) is 0. The molecular formula is C7H2ClFINO2S. The van der Waals surface area contributed by atoms with Crippen molar-refractivity contribution in [3.63, 3.8) is 0 Å². The predicted octanol–water partition coefficient (Wildman–Crippen LogP) is 2.23. The van der Waals surface area contributed by atoms with Gasteiger partial charge in [0.15, 0.2) is 0 Å². The Hall–Kier alpha value is -0.390. The van der Waals surface area contributed by atoms with Crippen LogP contribution in [-0.4, -0.2) is 8.42 Å². The summed E-state index contributed by atoms with van der Waals surface area (Å²) in [5.41, 5.74) is -0.555. The van der Waals surface area contributed by atoms with E-state index in [1.165, 1.54) is 6.07 Å². The van der Waals surface area contributed by atoms with E-state index in [0.717, 1.165) is 12.1 Å². The maximum atomic E-state index is 13.1. The summed E-state index contributed by atoms with van der Waals surface area (Å²) in [4.78, 5) is -0.494. The van der Waals surface area contributed by atoms with Gasteiger partial charge in [0.1, 0.15) is 22.3 Å². The van der Waals surface area contributed by atoms with E-state index in [1.54, 1.807) is 22.6 Å². The van der Waals surface area contributed by atoms with Crippen LogP contribution in [0.25, 0.3) is 0 Å². The third-order valence-corrected chi connectivity index (χ3v) is 3.36. The SMILES string of the molecule is N#Cc1c(F)cc(I)cc1S(=O)(=O)Cl. The first kappa shape index (κ1) is 11.7. The molecule has 0 aliphatic carbocycles. The molecule has 0 saturated heterocycles. The second-order valence-corrected chi connectivity index (χ2v) is 6.09. The molecule has 3 nitrogen and oxygen atoms in total. The maximum absolute atomic E-state index is 13.1. The minimum Gasteiger partial charge on any atom is -0.207 e. The molecule has 1 aromatic carbocycles. The van der Waals surface area contributed by atoms with E-state index in [0.29, 0.717) is 3.57 Å². The molecule has 0 saturated carbocycles. The monoisotopic (exact) mass is 345 g/mol. The first-order valence-electron chi connectivity index (χ1n) is 3.20. The summed E-state index contributed by atoms with van der Waals surface area (Å²) in [6, 6.07) is 3.66. The van der Waals surface area contributed by atoms with Crippen LogP contribution in [0.1, 0.15) is 5.56 Å². The molecule has 1 rings (SSSR count). The molecule has 0 radical (unpaired) electrons. The molecule has 0 aliphatic heterocycles. The fourth-order valence-corrected chi connectivity index (χ4v) is 2.67. The summed E-state index contributed by atoms with van der Waals surface area (Å²) in [6.07, 6.45) is 0. The number of benzene rings is 1. The van der Waals surface area contributed by atoms with Gasteiger partial charge in [-0.25, -0.2) is 12.8 Å². The van der Waals surface area contributed by atoms with Gasteiger partial charge in [0, 0.05) is 14.3 Å². The number of hydrogen-bond acceptors (Lipinski definition) is 3. The lowest BCUT2D eigenvalue weighted by atomic mass is 10.2. The van der Waals surface area contributed by atoms with E-state index in [9.17, 15) is 12.8 Å². The molecule has 0 aromatic heterocycles. The van der Waals surface area contributed by atoms with Gasteiger partial charge in [-0.3, -0.25) is 0 Å². The normalized spacial score (nSPS) is 11.0. The fourth-order valence-electron chi connectivity index (χ4n) is 0.851. The van der Waals surface area contributed by atoms with E-state index >= 15 is 0 Å². The Morgan fingerprint density at radius 1 is 1.50 bits per heavy atom. The Morgan fingerprint density at radius 2 is 2.07 bits per heavy atom. The Balaban J connectivity index is 3.68. The van der Waals surface area contributed by atoms with E-state index in [-0.39, 0.29) is 0 Å². The van der Waals surface area contributed by atoms with Gasteiger partial charge in [0.25, 0.3) is 9.05 Å². The lowest BCUT2D eigenvalue weighted by Crippen LogP contribution is -1.99. The highest BCUT2D eigenvalue weighted by Gasteiger charge is 2.19. The zero-order valence-electron chi connectivity index (χ0n) is 6.46. The number of hydrogen-bond donors (Lipinski definition) is 0. The fraction of sp³-hybridized carbons (Fsp3) is 0. The minimum atomic E-state index is -4.09. The summed E-state index contributed by atoms with van der Waals surface area (Å²) in [7, 11) is 0.952. The van der Waals surface area contributed by atoms with Gasteiger partial charge >= 0.3 is 0 Å². The molecule has 0 heterocycles. The first-order valence-corrected chi connectivity index (χ1v) is 6.59. The van der Waals surface area contributed by atoms with E-state index < -0.39 is 25.3 Å². The molecule has 7 heteroatoms. The van der Waals surface area contributed by atoms with Gasteiger partial charge in [-0.15, -0.1) is 0 Å². The van der Waals surface area contributed by atoms with Crippen molar-refractivity contribution in [3.8, 4) is 6.07 Å². The van der Waals surface area contributed by atoms with Crippen LogP contribution in [-0.2, 0) is 9.05 Å². The van der Waals surface area contributed by atoms with Crippen molar-refractivity contribution in [2.45, 2.75) is 4.90 Å². The average Bonchev–Trinajstić information content (AvgIpc) is 2.01. The molecule has 1 aromatic rings. The first-order chi connectivity index (χ1) is 6.36. The molecular weight excluding hydrogens is 344 g/mol. The molecule has 0 fully saturated rings. The second kappa shape index (κ2) is 4.00. The Labute approximate surface area is 98.0 Å². The number of rotatable bonds is 1. The average molecular weight is 346 g/mol. The number of halogens is 3. The van der Waals surface area contributed by atoms with Crippen molar-refractivity contribution in [1.29, 1.82) is 5.26 Å². The predicted molar refractivity (Wildman–Crippen MR) is 56.9 cm³/mol. The van der Waals surface area contributed by atoms with Crippen molar-refractivity contribution >= 4 is 42.3 Å². The van der Waals surface area contributed by atoms with Gasteiger partial charge < -0.3 is 0 Å². The highest BCUT2D eigenvalue weighted by molar-refractivity contribution is 14.1. The van der Waals surface area contributed by atoms with Gasteiger partial charge in [-0.05, 0) is 34.7 Å². The zero-order valence-corrected chi connectivity index (χ0v) is 10.2. The van der Waals surface area contributed by atoms with Crippen LogP contribution in [0.3, 0.4) is 0 Å². The van der Waals surface area contributed by atoms with Crippen LogP contribution in [0.5, 0.6) is 0 Å². The highest BCUT2D eigenvalue weighted by atomic mass is 127. The van der Waals surface area contributed by atoms with Crippen LogP contribution < -0.4 is 0 Å². The van der Waals surface area contributed by atoms with Crippen LogP contribution >= 0.6 is 33.3 Å². The number of nitrogens with zero attached hydrogens (tertiary/aromatic N) is 1. The lowest BCUT2D eigenvalue weighted by Gasteiger charge is -2.01. The quantitative estimate of drug-likeness (QED) is 0.579. The van der Waals surface area contributed by atoms with E-state index in [2.05, 4.69) is 0 Å². The summed E-state index contributed by atoms with van der Waals surface area (Å²) in [5.74, 6) is -0.890. The zero-order chi connectivity index (χ0) is 10.9. The summed E-state index contributed by atoms with van der Waals surface area (Å²) in [5, 5.41) is 8.54. The van der Waals surface area contributed by atoms with Crippen LogP contribution in [0.15, 0.2) is 17.0 Å². The van der Waals surface area contributed by atoms with Crippen molar-refractivity contribution in [1.82, 2.24) is 0 Å². The Kier molecular flexibility index (Phi) is 3.34. The van der Waals surface area contributed by atoms with Gasteiger partial charge in [0.05, 0.1) is 0 Å². The highest BCUT2D eigenvalue weighted by Crippen LogP contribution is 2.24. The number of nitriles is 1. The Bertz CT molecular complexity index is 523.